The van der Waals surface area contributed by atoms with Gasteiger partial charge in [0.1, 0.15) is 6.04 Å². The first-order chi connectivity index (χ1) is 11.6. The molecule has 1 amide bonds. The molecule has 24 heavy (non-hydrogen) atoms. The molecule has 2 aliphatic heterocycles. The maximum absolute atomic E-state index is 12.3. The topological polar surface area (TPSA) is 37.3 Å². The van der Waals surface area contributed by atoms with Crippen molar-refractivity contribution in [1.82, 2.24) is 14.8 Å². The third kappa shape index (κ3) is 2.17. The van der Waals surface area contributed by atoms with Crippen LogP contribution in [0.15, 0.2) is 48.9 Å². The van der Waals surface area contributed by atoms with Crippen molar-refractivity contribution < 1.29 is 4.79 Å². The second kappa shape index (κ2) is 5.55. The number of carbonyl (C=O) groups is 1. The number of nitrogens with one attached hydrogen (secondary N) is 1. The Morgan fingerprint density at radius 3 is 2.92 bits per heavy atom. The number of amides is 1. The van der Waals surface area contributed by atoms with Gasteiger partial charge in [-0.25, -0.2) is 0 Å². The maximum atomic E-state index is 12.3. The molecule has 3 atom stereocenters. The number of hydrogen-bond donors (Lipinski definition) is 1. The molecule has 4 rings (SSSR count). The van der Waals surface area contributed by atoms with Gasteiger partial charge < -0.3 is 14.8 Å². The van der Waals surface area contributed by atoms with Crippen LogP contribution < -0.4 is 5.32 Å². The molecule has 1 N–H and O–H groups in total. The van der Waals surface area contributed by atoms with E-state index in [9.17, 15) is 4.79 Å². The first kappa shape index (κ1) is 15.1. The van der Waals surface area contributed by atoms with Crippen molar-refractivity contribution >= 4 is 22.4 Å². The fraction of sp³-hybridized carbons (Fsp3) is 0.350. The Kier molecular flexibility index (Phi) is 3.48. The van der Waals surface area contributed by atoms with E-state index < -0.39 is 0 Å². The van der Waals surface area contributed by atoms with Crippen LogP contribution in [0.4, 0.5) is 0 Å². The summed E-state index contributed by atoms with van der Waals surface area (Å²) in [6.45, 7) is 4.46. The standard InChI is InChI=1S/C20H23N3O/c1-4-13(2)23-10-8-14-5-6-15(11-18(14)23)17-12-22(3)20(24)19-16(17)7-9-21-19/h5-13,16,19,21H,4H2,1-3H3. The van der Waals surface area contributed by atoms with Gasteiger partial charge in [0.2, 0.25) is 5.91 Å². The Balaban J connectivity index is 1.82. The van der Waals surface area contributed by atoms with Crippen molar-refractivity contribution in [2.45, 2.75) is 32.4 Å². The first-order valence-electron chi connectivity index (χ1n) is 8.62. The van der Waals surface area contributed by atoms with Crippen LogP contribution in [0, 0.1) is 5.92 Å². The molecule has 0 fully saturated rings. The van der Waals surface area contributed by atoms with Crippen molar-refractivity contribution in [3.63, 3.8) is 0 Å². The van der Waals surface area contributed by atoms with Crippen molar-refractivity contribution in [3.8, 4) is 0 Å². The van der Waals surface area contributed by atoms with Crippen LogP contribution in [0.3, 0.4) is 0 Å². The lowest BCUT2D eigenvalue weighted by atomic mass is 9.85. The summed E-state index contributed by atoms with van der Waals surface area (Å²) in [5, 5.41) is 4.45. The highest BCUT2D eigenvalue weighted by Gasteiger charge is 2.37. The molecule has 0 aliphatic carbocycles. The van der Waals surface area contributed by atoms with Crippen LogP contribution in [0.1, 0.15) is 31.9 Å². The lowest BCUT2D eigenvalue weighted by Crippen LogP contribution is -2.46. The molecule has 124 valence electrons. The minimum Gasteiger partial charge on any atom is -0.379 e. The predicted octanol–water partition coefficient (Wildman–Crippen LogP) is 3.53. The summed E-state index contributed by atoms with van der Waals surface area (Å²) in [4.78, 5) is 14.0. The normalized spacial score (nSPS) is 24.0. The summed E-state index contributed by atoms with van der Waals surface area (Å²) in [5.74, 6) is 0.232. The second-order valence-electron chi connectivity index (χ2n) is 6.82. The molecule has 4 heteroatoms. The predicted molar refractivity (Wildman–Crippen MR) is 97.2 cm³/mol. The van der Waals surface area contributed by atoms with E-state index >= 15 is 0 Å². The average molecular weight is 321 g/mol. The monoisotopic (exact) mass is 321 g/mol. The number of aromatic nitrogens is 1. The summed E-state index contributed by atoms with van der Waals surface area (Å²) >= 11 is 0. The zero-order valence-corrected chi connectivity index (χ0v) is 14.4. The van der Waals surface area contributed by atoms with Gasteiger partial charge in [-0.2, -0.15) is 0 Å². The zero-order valence-electron chi connectivity index (χ0n) is 14.4. The first-order valence-corrected chi connectivity index (χ1v) is 8.62. The third-order valence-electron chi connectivity index (χ3n) is 5.37. The highest BCUT2D eigenvalue weighted by molar-refractivity contribution is 5.93. The Bertz CT molecular complexity index is 861. The molecular weight excluding hydrogens is 298 g/mol. The SMILES string of the molecule is CCC(C)n1ccc2ccc(C3=CN(C)C(=O)C4NC=CC34)cc21. The van der Waals surface area contributed by atoms with E-state index in [2.05, 4.69) is 60.3 Å². The molecular formula is C20H23N3O. The fourth-order valence-electron chi connectivity index (χ4n) is 3.74. The molecule has 3 unspecified atom stereocenters. The average Bonchev–Trinajstić information content (AvgIpc) is 3.24. The number of hydrogen-bond acceptors (Lipinski definition) is 2. The van der Waals surface area contributed by atoms with E-state index in [0.717, 1.165) is 6.42 Å². The van der Waals surface area contributed by atoms with Gasteiger partial charge in [-0.05, 0) is 48.2 Å². The van der Waals surface area contributed by atoms with Gasteiger partial charge >= 0.3 is 0 Å². The summed E-state index contributed by atoms with van der Waals surface area (Å²) in [7, 11) is 1.83. The van der Waals surface area contributed by atoms with Crippen LogP contribution in [-0.4, -0.2) is 28.5 Å². The van der Waals surface area contributed by atoms with E-state index in [4.69, 9.17) is 0 Å². The minimum atomic E-state index is -0.174. The van der Waals surface area contributed by atoms with E-state index in [1.807, 2.05) is 19.4 Å². The molecule has 0 radical (unpaired) electrons. The number of likely N-dealkylation sites (N-methyl/N-ethyl adjacent to an activating group) is 1. The largest absolute Gasteiger partial charge is 0.379 e. The van der Waals surface area contributed by atoms with Crippen molar-refractivity contribution in [1.29, 1.82) is 0 Å². The molecule has 2 aliphatic rings. The van der Waals surface area contributed by atoms with Crippen LogP contribution >= 0.6 is 0 Å². The van der Waals surface area contributed by atoms with Gasteiger partial charge in [0.15, 0.2) is 0 Å². The highest BCUT2D eigenvalue weighted by Crippen LogP contribution is 2.36. The highest BCUT2D eigenvalue weighted by atomic mass is 16.2. The van der Waals surface area contributed by atoms with Gasteiger partial charge in [-0.1, -0.05) is 25.1 Å². The molecule has 0 bridgehead atoms. The maximum Gasteiger partial charge on any atom is 0.249 e. The van der Waals surface area contributed by atoms with Gasteiger partial charge in [0, 0.05) is 36.9 Å². The molecule has 4 nitrogen and oxygen atoms in total. The number of rotatable bonds is 3. The number of benzene rings is 1. The minimum absolute atomic E-state index is 0.109. The van der Waals surface area contributed by atoms with E-state index in [0.29, 0.717) is 6.04 Å². The van der Waals surface area contributed by atoms with Gasteiger partial charge in [0.05, 0.1) is 0 Å². The van der Waals surface area contributed by atoms with Gasteiger partial charge in [-0.3, -0.25) is 4.79 Å². The van der Waals surface area contributed by atoms with Crippen molar-refractivity contribution in [2.75, 3.05) is 7.05 Å². The van der Waals surface area contributed by atoms with Gasteiger partial charge in [0.25, 0.3) is 0 Å². The van der Waals surface area contributed by atoms with E-state index in [-0.39, 0.29) is 17.9 Å². The van der Waals surface area contributed by atoms with Crippen molar-refractivity contribution in [2.24, 2.45) is 5.92 Å². The summed E-state index contributed by atoms with van der Waals surface area (Å²) in [6, 6.07) is 9.09. The third-order valence-corrected chi connectivity index (χ3v) is 5.37. The van der Waals surface area contributed by atoms with Crippen LogP contribution in [0.5, 0.6) is 0 Å². The van der Waals surface area contributed by atoms with E-state index in [1.54, 1.807) is 4.90 Å². The zero-order chi connectivity index (χ0) is 16.8. The lowest BCUT2D eigenvalue weighted by molar-refractivity contribution is -0.130. The Labute approximate surface area is 142 Å². The number of fused-ring (bicyclic) bond motifs is 2. The van der Waals surface area contributed by atoms with Crippen LogP contribution in [-0.2, 0) is 4.79 Å². The molecule has 3 heterocycles. The molecule has 1 aromatic carbocycles. The molecule has 0 spiro atoms. The smallest absolute Gasteiger partial charge is 0.249 e. The summed E-state index contributed by atoms with van der Waals surface area (Å²) in [6.07, 6.45) is 9.26. The van der Waals surface area contributed by atoms with Crippen LogP contribution in [0.2, 0.25) is 0 Å². The molecule has 1 aromatic heterocycles. The summed E-state index contributed by atoms with van der Waals surface area (Å²) < 4.78 is 2.34. The number of carbonyl (C=O) groups excluding carboxylic acids is 1. The lowest BCUT2D eigenvalue weighted by Gasteiger charge is -2.31. The molecule has 2 aromatic rings. The van der Waals surface area contributed by atoms with Crippen molar-refractivity contribution in [3.05, 3.63) is 54.5 Å². The second-order valence-corrected chi connectivity index (χ2v) is 6.82. The van der Waals surface area contributed by atoms with Gasteiger partial charge in [-0.15, -0.1) is 0 Å². The Morgan fingerprint density at radius 1 is 1.29 bits per heavy atom. The number of nitrogens with zero attached hydrogens (tertiary/aromatic N) is 2. The Morgan fingerprint density at radius 2 is 2.12 bits per heavy atom. The van der Waals surface area contributed by atoms with E-state index in [1.165, 1.54) is 22.0 Å². The fourth-order valence-corrected chi connectivity index (χ4v) is 3.74. The molecule has 0 saturated carbocycles. The quantitative estimate of drug-likeness (QED) is 0.939. The summed E-state index contributed by atoms with van der Waals surface area (Å²) in [5.41, 5.74) is 3.64. The Hall–Kier alpha value is -2.49. The molecule has 0 saturated heterocycles. The van der Waals surface area contributed by atoms with Crippen LogP contribution in [0.25, 0.3) is 16.5 Å².